The van der Waals surface area contributed by atoms with Crippen LogP contribution >= 0.6 is 0 Å². The fourth-order valence-corrected chi connectivity index (χ4v) is 1.43. The summed E-state index contributed by atoms with van der Waals surface area (Å²) in [6.45, 7) is 3.41. The molecule has 0 amide bonds. The minimum atomic E-state index is -0.226. The van der Waals surface area contributed by atoms with Crippen molar-refractivity contribution in [3.05, 3.63) is 0 Å². The number of aliphatic hydroxyl groups excluding tert-OH is 1. The van der Waals surface area contributed by atoms with Gasteiger partial charge in [-0.3, -0.25) is 0 Å². The van der Waals surface area contributed by atoms with E-state index in [-0.39, 0.29) is 18.1 Å². The Hall–Kier alpha value is -0.120. The van der Waals surface area contributed by atoms with Crippen LogP contribution in [0, 0.1) is 5.41 Å². The second-order valence-electron chi connectivity index (χ2n) is 3.52. The molecule has 2 atom stereocenters. The van der Waals surface area contributed by atoms with Crippen LogP contribution < -0.4 is 5.73 Å². The molecule has 0 aromatic heterocycles. The highest BCUT2D eigenvalue weighted by Crippen LogP contribution is 2.29. The Balaban J connectivity index is 2.52. The zero-order valence-corrected chi connectivity index (χ0v) is 7.05. The van der Waals surface area contributed by atoms with Crippen molar-refractivity contribution in [2.45, 2.75) is 25.9 Å². The van der Waals surface area contributed by atoms with Crippen molar-refractivity contribution < 1.29 is 9.84 Å². The highest BCUT2D eigenvalue weighted by molar-refractivity contribution is 4.86. The molecule has 11 heavy (non-hydrogen) atoms. The zero-order valence-electron chi connectivity index (χ0n) is 7.05. The summed E-state index contributed by atoms with van der Waals surface area (Å²) in [6.07, 6.45) is 2.30. The Kier molecular flexibility index (Phi) is 2.87. The van der Waals surface area contributed by atoms with E-state index in [1.54, 1.807) is 0 Å². The SMILES string of the molecule is CC(CN)(CO)C1CCCO1. The van der Waals surface area contributed by atoms with Crippen LogP contribution in [0.4, 0.5) is 0 Å². The van der Waals surface area contributed by atoms with Crippen molar-refractivity contribution in [3.63, 3.8) is 0 Å². The van der Waals surface area contributed by atoms with Crippen molar-refractivity contribution in [2.75, 3.05) is 19.8 Å². The summed E-state index contributed by atoms with van der Waals surface area (Å²) < 4.78 is 5.46. The van der Waals surface area contributed by atoms with E-state index in [1.807, 2.05) is 6.92 Å². The molecule has 3 N–H and O–H groups in total. The Labute approximate surface area is 67.5 Å². The average molecular weight is 159 g/mol. The van der Waals surface area contributed by atoms with Gasteiger partial charge in [-0.2, -0.15) is 0 Å². The first-order valence-corrected chi connectivity index (χ1v) is 4.15. The van der Waals surface area contributed by atoms with E-state index < -0.39 is 0 Å². The van der Waals surface area contributed by atoms with Gasteiger partial charge in [-0.1, -0.05) is 6.92 Å². The highest BCUT2D eigenvalue weighted by atomic mass is 16.5. The van der Waals surface area contributed by atoms with Crippen molar-refractivity contribution in [2.24, 2.45) is 11.1 Å². The number of aliphatic hydroxyl groups is 1. The molecule has 1 fully saturated rings. The summed E-state index contributed by atoms with van der Waals surface area (Å²) in [7, 11) is 0. The van der Waals surface area contributed by atoms with E-state index in [4.69, 9.17) is 15.6 Å². The quantitative estimate of drug-likeness (QED) is 0.615. The molecular weight excluding hydrogens is 142 g/mol. The minimum absolute atomic E-state index is 0.119. The van der Waals surface area contributed by atoms with Gasteiger partial charge in [0.2, 0.25) is 0 Å². The lowest BCUT2D eigenvalue weighted by atomic mass is 9.84. The number of ether oxygens (including phenoxy) is 1. The monoisotopic (exact) mass is 159 g/mol. The van der Waals surface area contributed by atoms with E-state index in [2.05, 4.69) is 0 Å². The summed E-state index contributed by atoms with van der Waals surface area (Å²) >= 11 is 0. The minimum Gasteiger partial charge on any atom is -0.396 e. The lowest BCUT2D eigenvalue weighted by molar-refractivity contribution is -0.0181. The predicted molar refractivity (Wildman–Crippen MR) is 43.2 cm³/mol. The maximum Gasteiger partial charge on any atom is 0.0663 e. The van der Waals surface area contributed by atoms with Gasteiger partial charge in [-0.15, -0.1) is 0 Å². The molecule has 0 saturated carbocycles. The molecule has 1 aliphatic heterocycles. The van der Waals surface area contributed by atoms with Crippen LogP contribution in [0.5, 0.6) is 0 Å². The molecule has 1 saturated heterocycles. The van der Waals surface area contributed by atoms with Crippen LogP contribution in [0.15, 0.2) is 0 Å². The second-order valence-corrected chi connectivity index (χ2v) is 3.52. The number of hydrogen-bond acceptors (Lipinski definition) is 3. The standard InChI is InChI=1S/C8H17NO2/c1-8(5-9,6-10)7-3-2-4-11-7/h7,10H,2-6,9H2,1H3. The van der Waals surface area contributed by atoms with Crippen LogP contribution in [-0.2, 0) is 4.74 Å². The van der Waals surface area contributed by atoms with Gasteiger partial charge in [0.25, 0.3) is 0 Å². The van der Waals surface area contributed by atoms with Gasteiger partial charge in [-0.05, 0) is 12.8 Å². The van der Waals surface area contributed by atoms with Crippen LogP contribution in [-0.4, -0.2) is 31.0 Å². The van der Waals surface area contributed by atoms with Gasteiger partial charge in [0.1, 0.15) is 0 Å². The Morgan fingerprint density at radius 2 is 2.45 bits per heavy atom. The average Bonchev–Trinajstić information content (AvgIpc) is 2.55. The van der Waals surface area contributed by atoms with Crippen LogP contribution in [0.3, 0.4) is 0 Å². The van der Waals surface area contributed by atoms with E-state index >= 15 is 0 Å². The third kappa shape index (κ3) is 1.72. The lowest BCUT2D eigenvalue weighted by Gasteiger charge is -2.31. The molecule has 0 spiro atoms. The number of nitrogens with two attached hydrogens (primary N) is 1. The molecular formula is C8H17NO2. The summed E-state index contributed by atoms with van der Waals surface area (Å²) in [5.74, 6) is 0. The van der Waals surface area contributed by atoms with Gasteiger partial charge in [0.15, 0.2) is 0 Å². The summed E-state index contributed by atoms with van der Waals surface area (Å²) in [5.41, 5.74) is 5.33. The Morgan fingerprint density at radius 1 is 1.73 bits per heavy atom. The molecule has 1 aliphatic rings. The van der Waals surface area contributed by atoms with Gasteiger partial charge >= 0.3 is 0 Å². The molecule has 0 radical (unpaired) electrons. The lowest BCUT2D eigenvalue weighted by Crippen LogP contribution is -2.41. The van der Waals surface area contributed by atoms with Crippen molar-refractivity contribution in [1.82, 2.24) is 0 Å². The summed E-state index contributed by atoms with van der Waals surface area (Å²) in [6, 6.07) is 0. The van der Waals surface area contributed by atoms with E-state index in [0.717, 1.165) is 19.4 Å². The first-order chi connectivity index (χ1) is 5.23. The summed E-state index contributed by atoms with van der Waals surface area (Å²) in [5, 5.41) is 9.09. The van der Waals surface area contributed by atoms with Crippen molar-refractivity contribution in [3.8, 4) is 0 Å². The number of rotatable bonds is 3. The van der Waals surface area contributed by atoms with E-state index in [1.165, 1.54) is 0 Å². The maximum atomic E-state index is 9.09. The molecule has 3 heteroatoms. The third-order valence-corrected chi connectivity index (χ3v) is 2.53. The Bertz CT molecular complexity index is 117. The van der Waals surface area contributed by atoms with Gasteiger partial charge in [-0.25, -0.2) is 0 Å². The third-order valence-electron chi connectivity index (χ3n) is 2.53. The fraction of sp³-hybridized carbons (Fsp3) is 1.00. The highest BCUT2D eigenvalue weighted by Gasteiger charge is 2.35. The first kappa shape index (κ1) is 8.97. The molecule has 1 rings (SSSR count). The van der Waals surface area contributed by atoms with Crippen LogP contribution in [0.2, 0.25) is 0 Å². The second kappa shape index (κ2) is 3.52. The Morgan fingerprint density at radius 3 is 2.82 bits per heavy atom. The molecule has 0 aliphatic carbocycles. The van der Waals surface area contributed by atoms with E-state index in [9.17, 15) is 0 Å². The van der Waals surface area contributed by atoms with Gasteiger partial charge < -0.3 is 15.6 Å². The smallest absolute Gasteiger partial charge is 0.0663 e. The molecule has 66 valence electrons. The van der Waals surface area contributed by atoms with Crippen molar-refractivity contribution in [1.29, 1.82) is 0 Å². The van der Waals surface area contributed by atoms with Crippen LogP contribution in [0.25, 0.3) is 0 Å². The predicted octanol–water partition coefficient (Wildman–Crippen LogP) is 0.123. The largest absolute Gasteiger partial charge is 0.396 e. The first-order valence-electron chi connectivity index (χ1n) is 4.15. The van der Waals surface area contributed by atoms with Gasteiger partial charge in [0, 0.05) is 18.6 Å². The van der Waals surface area contributed by atoms with Gasteiger partial charge in [0.05, 0.1) is 12.7 Å². The molecule has 0 aromatic rings. The normalized spacial score (nSPS) is 30.3. The molecule has 0 bridgehead atoms. The molecule has 1 heterocycles. The van der Waals surface area contributed by atoms with Crippen molar-refractivity contribution >= 4 is 0 Å². The molecule has 3 nitrogen and oxygen atoms in total. The number of hydrogen-bond donors (Lipinski definition) is 2. The van der Waals surface area contributed by atoms with E-state index in [0.29, 0.717) is 6.54 Å². The maximum absolute atomic E-state index is 9.09. The van der Waals surface area contributed by atoms with Crippen LogP contribution in [0.1, 0.15) is 19.8 Å². The molecule has 0 aromatic carbocycles. The summed E-state index contributed by atoms with van der Waals surface area (Å²) in [4.78, 5) is 0. The zero-order chi connectivity index (χ0) is 8.32. The fourth-order valence-electron chi connectivity index (χ4n) is 1.43. The molecule has 2 unspecified atom stereocenters. The topological polar surface area (TPSA) is 55.5 Å².